The van der Waals surface area contributed by atoms with E-state index in [4.69, 9.17) is 14.2 Å². The van der Waals surface area contributed by atoms with Crippen LogP contribution in [0.1, 0.15) is 58.4 Å². The van der Waals surface area contributed by atoms with Gasteiger partial charge in [0.2, 0.25) is 0 Å². The monoisotopic (exact) mass is 467 g/mol. The van der Waals surface area contributed by atoms with Gasteiger partial charge in [-0.25, -0.2) is 15.0 Å². The Balaban J connectivity index is 1.69. The normalized spacial score (nSPS) is 22.9. The number of rotatable bonds is 8. The SMILES string of the molecule is CC[C@@H](Nc1ncnc2c1ncn2[C@@H]1O[C@H](CC)C(OC(C)=O)[C@@H]1OC(C)=O)c1ccccc1. The molecule has 0 radical (unpaired) electrons. The maximum atomic E-state index is 11.9. The molecule has 2 aromatic heterocycles. The minimum atomic E-state index is -0.845. The number of aromatic nitrogens is 4. The highest BCUT2D eigenvalue weighted by atomic mass is 16.6. The molecule has 1 N–H and O–H groups in total. The third-order valence-electron chi connectivity index (χ3n) is 5.85. The van der Waals surface area contributed by atoms with E-state index in [0.717, 1.165) is 12.0 Å². The lowest BCUT2D eigenvalue weighted by Crippen LogP contribution is -2.38. The number of benzene rings is 1. The molecule has 0 saturated carbocycles. The number of carbonyl (C=O) groups is 2. The molecule has 34 heavy (non-hydrogen) atoms. The smallest absolute Gasteiger partial charge is 0.303 e. The zero-order valence-corrected chi connectivity index (χ0v) is 19.7. The molecule has 1 aromatic carbocycles. The van der Waals surface area contributed by atoms with E-state index >= 15 is 0 Å². The fourth-order valence-corrected chi connectivity index (χ4v) is 4.33. The van der Waals surface area contributed by atoms with Crippen LogP contribution in [0.25, 0.3) is 11.2 Å². The molecular formula is C24H29N5O5. The van der Waals surface area contributed by atoms with E-state index in [9.17, 15) is 9.59 Å². The minimum absolute atomic E-state index is 0.0406. The number of carbonyl (C=O) groups excluding carboxylic acids is 2. The summed E-state index contributed by atoms with van der Waals surface area (Å²) in [5.41, 5.74) is 2.21. The Morgan fingerprint density at radius 3 is 2.41 bits per heavy atom. The highest BCUT2D eigenvalue weighted by molar-refractivity contribution is 5.83. The van der Waals surface area contributed by atoms with E-state index in [0.29, 0.717) is 23.4 Å². The van der Waals surface area contributed by atoms with Crippen molar-refractivity contribution in [3.63, 3.8) is 0 Å². The number of ether oxygens (including phenoxy) is 3. The van der Waals surface area contributed by atoms with Gasteiger partial charge >= 0.3 is 11.9 Å². The number of imidazole rings is 1. The largest absolute Gasteiger partial charge is 0.456 e. The molecule has 1 aliphatic heterocycles. The van der Waals surface area contributed by atoms with Crippen molar-refractivity contribution in [1.29, 1.82) is 0 Å². The van der Waals surface area contributed by atoms with E-state index in [1.807, 2.05) is 25.1 Å². The Morgan fingerprint density at radius 2 is 1.76 bits per heavy atom. The van der Waals surface area contributed by atoms with Gasteiger partial charge in [-0.3, -0.25) is 14.2 Å². The van der Waals surface area contributed by atoms with Crippen LogP contribution in [0.3, 0.4) is 0 Å². The van der Waals surface area contributed by atoms with Gasteiger partial charge in [-0.05, 0) is 18.4 Å². The second-order valence-corrected chi connectivity index (χ2v) is 8.18. The summed E-state index contributed by atoms with van der Waals surface area (Å²) in [7, 11) is 0. The number of nitrogens with one attached hydrogen (secondary N) is 1. The molecule has 1 saturated heterocycles. The molecule has 1 aliphatic rings. The van der Waals surface area contributed by atoms with Crippen molar-refractivity contribution < 1.29 is 23.8 Å². The Kier molecular flexibility index (Phi) is 7.06. The summed E-state index contributed by atoms with van der Waals surface area (Å²) in [6.45, 7) is 6.64. The zero-order valence-electron chi connectivity index (χ0n) is 19.7. The molecule has 4 rings (SSSR count). The van der Waals surface area contributed by atoms with Gasteiger partial charge < -0.3 is 19.5 Å². The number of anilines is 1. The van der Waals surface area contributed by atoms with Crippen molar-refractivity contribution in [2.24, 2.45) is 0 Å². The van der Waals surface area contributed by atoms with Crippen molar-refractivity contribution in [1.82, 2.24) is 19.5 Å². The van der Waals surface area contributed by atoms with Crippen molar-refractivity contribution in [2.75, 3.05) is 5.32 Å². The van der Waals surface area contributed by atoms with E-state index < -0.39 is 36.5 Å². The van der Waals surface area contributed by atoms with E-state index in [1.54, 1.807) is 10.9 Å². The fraction of sp³-hybridized carbons (Fsp3) is 0.458. The van der Waals surface area contributed by atoms with Crippen LogP contribution in [-0.2, 0) is 23.8 Å². The van der Waals surface area contributed by atoms with Gasteiger partial charge in [0.15, 0.2) is 35.4 Å². The van der Waals surface area contributed by atoms with Gasteiger partial charge in [0.05, 0.1) is 12.4 Å². The van der Waals surface area contributed by atoms with Gasteiger partial charge in [-0.1, -0.05) is 44.2 Å². The summed E-state index contributed by atoms with van der Waals surface area (Å²) < 4.78 is 18.9. The van der Waals surface area contributed by atoms with Crippen LogP contribution in [0.4, 0.5) is 5.82 Å². The summed E-state index contributed by atoms with van der Waals surface area (Å²) >= 11 is 0. The molecule has 180 valence electrons. The number of hydrogen-bond donors (Lipinski definition) is 1. The average Bonchev–Trinajstić information content (AvgIpc) is 3.39. The Bertz CT molecular complexity index is 1150. The molecule has 0 amide bonds. The molecule has 1 fully saturated rings. The zero-order chi connectivity index (χ0) is 24.2. The first-order valence-corrected chi connectivity index (χ1v) is 11.4. The third-order valence-corrected chi connectivity index (χ3v) is 5.85. The molecule has 1 unspecified atom stereocenters. The highest BCUT2D eigenvalue weighted by Crippen LogP contribution is 2.37. The van der Waals surface area contributed by atoms with Gasteiger partial charge in [-0.2, -0.15) is 0 Å². The number of nitrogens with zero attached hydrogens (tertiary/aromatic N) is 4. The third kappa shape index (κ3) is 4.72. The summed E-state index contributed by atoms with van der Waals surface area (Å²) in [5.74, 6) is -0.381. The molecule has 3 heterocycles. The first-order valence-electron chi connectivity index (χ1n) is 11.4. The fourth-order valence-electron chi connectivity index (χ4n) is 4.33. The van der Waals surface area contributed by atoms with Gasteiger partial charge in [0.25, 0.3) is 0 Å². The summed E-state index contributed by atoms with van der Waals surface area (Å²) in [4.78, 5) is 37.0. The first-order chi connectivity index (χ1) is 16.4. The lowest BCUT2D eigenvalue weighted by atomic mass is 10.0. The summed E-state index contributed by atoms with van der Waals surface area (Å²) in [6.07, 6.45) is 1.66. The number of hydrogen-bond acceptors (Lipinski definition) is 9. The van der Waals surface area contributed by atoms with Crippen LogP contribution < -0.4 is 5.32 Å². The number of esters is 2. The van der Waals surface area contributed by atoms with Crippen LogP contribution in [0.2, 0.25) is 0 Å². The van der Waals surface area contributed by atoms with Gasteiger partial charge in [0, 0.05) is 13.8 Å². The maximum absolute atomic E-state index is 11.9. The van der Waals surface area contributed by atoms with Crippen LogP contribution in [0.15, 0.2) is 43.0 Å². The predicted octanol–water partition coefficient (Wildman–Crippen LogP) is 3.56. The quantitative estimate of drug-likeness (QED) is 0.496. The standard InChI is InChI=1S/C24H29N5O5/c1-5-17(16-10-8-7-9-11-16)28-22-19-23(26-12-25-22)29(13-27-19)24-21(33-15(4)31)20(32-14(3)30)18(6-2)34-24/h7-13,17-18,20-21,24H,5-6H2,1-4H3,(H,25,26,28)/t17-,18-,20?,21+,24-/m1/s1. The Labute approximate surface area is 197 Å². The molecule has 0 aliphatic carbocycles. The molecule has 5 atom stereocenters. The van der Waals surface area contributed by atoms with Crippen molar-refractivity contribution in [3.8, 4) is 0 Å². The van der Waals surface area contributed by atoms with Crippen molar-refractivity contribution in [2.45, 2.75) is 71.1 Å². The molecule has 10 nitrogen and oxygen atoms in total. The van der Waals surface area contributed by atoms with Gasteiger partial charge in [-0.15, -0.1) is 0 Å². The molecule has 3 aromatic rings. The van der Waals surface area contributed by atoms with E-state index in [1.165, 1.54) is 20.2 Å². The number of fused-ring (bicyclic) bond motifs is 1. The Morgan fingerprint density at radius 1 is 1.06 bits per heavy atom. The van der Waals surface area contributed by atoms with Crippen LogP contribution in [-0.4, -0.2) is 49.8 Å². The molecule has 10 heteroatoms. The second kappa shape index (κ2) is 10.2. The van der Waals surface area contributed by atoms with Crippen LogP contribution >= 0.6 is 0 Å². The summed E-state index contributed by atoms with van der Waals surface area (Å²) in [5, 5.41) is 3.47. The Hall–Kier alpha value is -3.53. The molecular weight excluding hydrogens is 438 g/mol. The average molecular weight is 468 g/mol. The minimum Gasteiger partial charge on any atom is -0.456 e. The molecule has 0 spiro atoms. The van der Waals surface area contributed by atoms with Gasteiger partial charge in [0.1, 0.15) is 12.4 Å². The van der Waals surface area contributed by atoms with E-state index in [-0.39, 0.29) is 6.04 Å². The lowest BCUT2D eigenvalue weighted by molar-refractivity contribution is -0.165. The summed E-state index contributed by atoms with van der Waals surface area (Å²) in [6, 6.07) is 10.1. The van der Waals surface area contributed by atoms with Crippen LogP contribution in [0, 0.1) is 0 Å². The van der Waals surface area contributed by atoms with E-state index in [2.05, 4.69) is 39.3 Å². The molecule has 0 bridgehead atoms. The predicted molar refractivity (Wildman–Crippen MR) is 124 cm³/mol. The second-order valence-electron chi connectivity index (χ2n) is 8.18. The highest BCUT2D eigenvalue weighted by Gasteiger charge is 2.49. The lowest BCUT2D eigenvalue weighted by Gasteiger charge is -2.23. The van der Waals surface area contributed by atoms with Crippen LogP contribution in [0.5, 0.6) is 0 Å². The van der Waals surface area contributed by atoms with Crippen molar-refractivity contribution >= 4 is 28.9 Å². The maximum Gasteiger partial charge on any atom is 0.303 e. The van der Waals surface area contributed by atoms with Crippen molar-refractivity contribution in [3.05, 3.63) is 48.5 Å². The topological polar surface area (TPSA) is 117 Å². The first kappa shape index (κ1) is 23.6.